The molecule has 2 aromatic carbocycles. The van der Waals surface area contributed by atoms with Gasteiger partial charge in [-0.1, -0.05) is 12.1 Å². The third-order valence-corrected chi connectivity index (χ3v) is 4.79. The topological polar surface area (TPSA) is 29.1 Å². The summed E-state index contributed by atoms with van der Waals surface area (Å²) in [5, 5.41) is 2.82. The largest absolute Gasteiger partial charge is 0.326 e. The minimum atomic E-state index is -0.313. The maximum absolute atomic E-state index is 13.0. The summed E-state index contributed by atoms with van der Waals surface area (Å²) in [6, 6.07) is 12.6. The Balaban J connectivity index is 1.47. The van der Waals surface area contributed by atoms with Gasteiger partial charge in [-0.25, -0.2) is 8.78 Å². The monoisotopic (exact) mass is 329 g/mol. The van der Waals surface area contributed by atoms with E-state index < -0.39 is 0 Å². The first kappa shape index (κ1) is 16.6. The van der Waals surface area contributed by atoms with E-state index in [0.717, 1.165) is 25.7 Å². The fourth-order valence-electron chi connectivity index (χ4n) is 3.44. The van der Waals surface area contributed by atoms with Crippen LogP contribution < -0.4 is 5.32 Å². The van der Waals surface area contributed by atoms with Crippen molar-refractivity contribution in [2.75, 3.05) is 5.32 Å². The quantitative estimate of drug-likeness (QED) is 0.813. The number of rotatable bonds is 4. The average molecular weight is 329 g/mol. The van der Waals surface area contributed by atoms with Crippen molar-refractivity contribution < 1.29 is 13.6 Å². The number of carbonyl (C=O) groups excluding carboxylic acids is 1. The number of halogens is 2. The van der Waals surface area contributed by atoms with Crippen LogP contribution in [0, 0.1) is 17.6 Å². The van der Waals surface area contributed by atoms with Crippen molar-refractivity contribution in [3.8, 4) is 0 Å². The lowest BCUT2D eigenvalue weighted by Gasteiger charge is -2.28. The normalized spacial score (nSPS) is 20.6. The zero-order chi connectivity index (χ0) is 16.9. The van der Waals surface area contributed by atoms with Crippen LogP contribution in [0.2, 0.25) is 0 Å². The number of anilines is 1. The third kappa shape index (κ3) is 4.40. The Hall–Kier alpha value is -2.23. The standard InChI is InChI=1S/C20H21F2NO/c21-17-7-5-16(6-8-17)15-3-1-14(2-4-15)13-20(24)23-19-11-9-18(22)10-12-19/h5-12,14-15H,1-4,13H2,(H,23,24)/t14-,15-. The Morgan fingerprint density at radius 2 is 1.42 bits per heavy atom. The summed E-state index contributed by atoms with van der Waals surface area (Å²) in [7, 11) is 0. The van der Waals surface area contributed by atoms with Crippen LogP contribution in [0.25, 0.3) is 0 Å². The van der Waals surface area contributed by atoms with E-state index in [1.54, 1.807) is 12.1 Å². The number of hydrogen-bond acceptors (Lipinski definition) is 1. The number of carbonyl (C=O) groups is 1. The van der Waals surface area contributed by atoms with Crippen LogP contribution >= 0.6 is 0 Å². The minimum Gasteiger partial charge on any atom is -0.326 e. The molecule has 1 amide bonds. The van der Waals surface area contributed by atoms with Gasteiger partial charge in [0.25, 0.3) is 0 Å². The summed E-state index contributed by atoms with van der Waals surface area (Å²) >= 11 is 0. The van der Waals surface area contributed by atoms with Gasteiger partial charge in [-0.05, 0) is 79.5 Å². The summed E-state index contributed by atoms with van der Waals surface area (Å²) in [5.74, 6) is 0.299. The fourth-order valence-corrected chi connectivity index (χ4v) is 3.44. The van der Waals surface area contributed by atoms with Crippen molar-refractivity contribution in [2.45, 2.75) is 38.0 Å². The van der Waals surface area contributed by atoms with Gasteiger partial charge in [0.05, 0.1) is 0 Å². The molecule has 2 aromatic rings. The molecule has 0 radical (unpaired) electrons. The van der Waals surface area contributed by atoms with Gasteiger partial charge in [-0.2, -0.15) is 0 Å². The molecule has 1 saturated carbocycles. The molecule has 0 aliphatic heterocycles. The molecule has 0 atom stereocenters. The molecule has 1 fully saturated rings. The van der Waals surface area contributed by atoms with Crippen LogP contribution in [0.3, 0.4) is 0 Å². The van der Waals surface area contributed by atoms with Gasteiger partial charge in [0.15, 0.2) is 0 Å². The maximum Gasteiger partial charge on any atom is 0.224 e. The van der Waals surface area contributed by atoms with Crippen LogP contribution in [0.15, 0.2) is 48.5 Å². The summed E-state index contributed by atoms with van der Waals surface area (Å²) in [6.07, 6.45) is 4.55. The highest BCUT2D eigenvalue weighted by molar-refractivity contribution is 5.90. The van der Waals surface area contributed by atoms with E-state index in [9.17, 15) is 13.6 Å². The molecule has 1 N–H and O–H groups in total. The number of amides is 1. The summed E-state index contributed by atoms with van der Waals surface area (Å²) < 4.78 is 25.9. The lowest BCUT2D eigenvalue weighted by Crippen LogP contribution is -2.20. The van der Waals surface area contributed by atoms with Crippen molar-refractivity contribution in [2.24, 2.45) is 5.92 Å². The van der Waals surface area contributed by atoms with Crippen LogP contribution in [-0.4, -0.2) is 5.91 Å². The number of nitrogens with one attached hydrogen (secondary N) is 1. The van der Waals surface area contributed by atoms with E-state index in [2.05, 4.69) is 5.32 Å². The van der Waals surface area contributed by atoms with Gasteiger partial charge < -0.3 is 5.32 Å². The Morgan fingerprint density at radius 1 is 0.875 bits per heavy atom. The number of benzene rings is 2. The Labute approximate surface area is 140 Å². The second-order valence-electron chi connectivity index (χ2n) is 6.53. The molecule has 0 unspecified atom stereocenters. The average Bonchev–Trinajstić information content (AvgIpc) is 2.58. The summed E-state index contributed by atoms with van der Waals surface area (Å²) in [6.45, 7) is 0. The van der Waals surface area contributed by atoms with E-state index in [-0.39, 0.29) is 17.5 Å². The van der Waals surface area contributed by atoms with Crippen molar-refractivity contribution in [3.05, 3.63) is 65.7 Å². The lowest BCUT2D eigenvalue weighted by atomic mass is 9.77. The van der Waals surface area contributed by atoms with Crippen molar-refractivity contribution in [3.63, 3.8) is 0 Å². The fraction of sp³-hybridized carbons (Fsp3) is 0.350. The molecule has 0 saturated heterocycles. The first-order valence-corrected chi connectivity index (χ1v) is 8.41. The molecule has 3 rings (SSSR count). The third-order valence-electron chi connectivity index (χ3n) is 4.79. The molecular formula is C20H21F2NO. The summed E-state index contributed by atoms with van der Waals surface area (Å²) in [4.78, 5) is 12.1. The van der Waals surface area contributed by atoms with Gasteiger partial charge in [0.1, 0.15) is 11.6 Å². The van der Waals surface area contributed by atoms with Crippen molar-refractivity contribution in [1.29, 1.82) is 0 Å². The molecule has 126 valence electrons. The second kappa shape index (κ2) is 7.56. The highest BCUT2D eigenvalue weighted by Crippen LogP contribution is 2.37. The van der Waals surface area contributed by atoms with Crippen LogP contribution in [0.1, 0.15) is 43.6 Å². The number of hydrogen-bond donors (Lipinski definition) is 1. The van der Waals surface area contributed by atoms with Gasteiger partial charge in [-0.3, -0.25) is 4.79 Å². The molecule has 24 heavy (non-hydrogen) atoms. The Kier molecular flexibility index (Phi) is 5.24. The molecule has 4 heteroatoms. The van der Waals surface area contributed by atoms with E-state index in [0.29, 0.717) is 23.9 Å². The molecule has 0 heterocycles. The zero-order valence-corrected chi connectivity index (χ0v) is 13.5. The highest BCUT2D eigenvalue weighted by Gasteiger charge is 2.24. The zero-order valence-electron chi connectivity index (χ0n) is 13.5. The molecule has 0 bridgehead atoms. The van der Waals surface area contributed by atoms with E-state index in [4.69, 9.17) is 0 Å². The van der Waals surface area contributed by atoms with E-state index >= 15 is 0 Å². The van der Waals surface area contributed by atoms with Crippen molar-refractivity contribution >= 4 is 11.6 Å². The lowest BCUT2D eigenvalue weighted by molar-refractivity contribution is -0.117. The van der Waals surface area contributed by atoms with Crippen LogP contribution in [-0.2, 0) is 4.79 Å². The minimum absolute atomic E-state index is 0.0214. The highest BCUT2D eigenvalue weighted by atomic mass is 19.1. The Morgan fingerprint density at radius 3 is 2.00 bits per heavy atom. The van der Waals surface area contributed by atoms with Crippen LogP contribution in [0.4, 0.5) is 14.5 Å². The van der Waals surface area contributed by atoms with Gasteiger partial charge >= 0.3 is 0 Å². The van der Waals surface area contributed by atoms with Crippen LogP contribution in [0.5, 0.6) is 0 Å². The van der Waals surface area contributed by atoms with E-state index in [1.807, 2.05) is 12.1 Å². The first-order chi connectivity index (χ1) is 11.6. The smallest absolute Gasteiger partial charge is 0.224 e. The molecular weight excluding hydrogens is 308 g/mol. The summed E-state index contributed by atoms with van der Waals surface area (Å²) in [5.41, 5.74) is 1.81. The van der Waals surface area contributed by atoms with Gasteiger partial charge in [0, 0.05) is 12.1 Å². The Bertz CT molecular complexity index is 674. The predicted octanol–water partition coefficient (Wildman–Crippen LogP) is 5.27. The molecule has 0 spiro atoms. The molecule has 2 nitrogen and oxygen atoms in total. The van der Waals surface area contributed by atoms with Gasteiger partial charge in [-0.15, -0.1) is 0 Å². The van der Waals surface area contributed by atoms with Gasteiger partial charge in [0.2, 0.25) is 5.91 Å². The van der Waals surface area contributed by atoms with Crippen molar-refractivity contribution in [1.82, 2.24) is 0 Å². The second-order valence-corrected chi connectivity index (χ2v) is 6.53. The SMILES string of the molecule is O=C(C[C@H]1CC[C@H](c2ccc(F)cc2)CC1)Nc1ccc(F)cc1. The maximum atomic E-state index is 13.0. The van der Waals surface area contributed by atoms with E-state index in [1.165, 1.54) is 29.8 Å². The predicted molar refractivity (Wildman–Crippen MR) is 90.7 cm³/mol. The molecule has 1 aliphatic rings. The first-order valence-electron chi connectivity index (χ1n) is 8.41. The molecule has 0 aromatic heterocycles. The molecule has 1 aliphatic carbocycles.